The summed E-state index contributed by atoms with van der Waals surface area (Å²) in [4.78, 5) is 0. The van der Waals surface area contributed by atoms with Crippen LogP contribution in [-0.2, 0) is 11.2 Å². The van der Waals surface area contributed by atoms with E-state index in [1.54, 1.807) is 0 Å². The molecule has 1 aromatic carbocycles. The Bertz CT molecular complexity index is 403. The first-order valence-corrected chi connectivity index (χ1v) is 7.32. The van der Waals surface area contributed by atoms with E-state index in [1.807, 2.05) is 25.1 Å². The zero-order valence-electron chi connectivity index (χ0n) is 11.4. The number of rotatable bonds is 5. The van der Waals surface area contributed by atoms with E-state index in [0.29, 0.717) is 11.6 Å². The van der Waals surface area contributed by atoms with Crippen LogP contribution in [0.4, 0.5) is 0 Å². The van der Waals surface area contributed by atoms with Crippen molar-refractivity contribution in [2.24, 2.45) is 5.73 Å². The monoisotopic (exact) mass is 283 g/mol. The highest BCUT2D eigenvalue weighted by atomic mass is 35.5. The first-order chi connectivity index (χ1) is 9.16. The topological polar surface area (TPSA) is 44.5 Å². The Morgan fingerprint density at radius 1 is 1.47 bits per heavy atom. The highest BCUT2D eigenvalue weighted by Gasteiger charge is 2.17. The first-order valence-electron chi connectivity index (χ1n) is 6.94. The molecule has 0 amide bonds. The average molecular weight is 284 g/mol. The highest BCUT2D eigenvalue weighted by molar-refractivity contribution is 6.32. The molecule has 0 aliphatic carbocycles. The van der Waals surface area contributed by atoms with Crippen molar-refractivity contribution in [2.45, 2.75) is 44.8 Å². The minimum atomic E-state index is 0.0896. The molecule has 106 valence electrons. The molecule has 4 heteroatoms. The molecule has 0 spiro atoms. The lowest BCUT2D eigenvalue weighted by atomic mass is 10.1. The summed E-state index contributed by atoms with van der Waals surface area (Å²) in [5, 5.41) is 0.647. The number of benzene rings is 1. The van der Waals surface area contributed by atoms with E-state index in [2.05, 4.69) is 0 Å². The van der Waals surface area contributed by atoms with E-state index in [9.17, 15) is 0 Å². The van der Waals surface area contributed by atoms with Crippen molar-refractivity contribution in [1.82, 2.24) is 0 Å². The summed E-state index contributed by atoms with van der Waals surface area (Å²) < 4.78 is 11.6. The fraction of sp³-hybridized carbons (Fsp3) is 0.600. The summed E-state index contributed by atoms with van der Waals surface area (Å²) in [7, 11) is 0. The summed E-state index contributed by atoms with van der Waals surface area (Å²) in [5.41, 5.74) is 6.93. The first kappa shape index (κ1) is 14.6. The molecule has 1 heterocycles. The SMILES string of the molecule is CC(N)Cc1cccc(Cl)c1OCC1CCCCO1. The molecule has 2 rings (SSSR count). The molecule has 2 unspecified atom stereocenters. The van der Waals surface area contributed by atoms with Gasteiger partial charge < -0.3 is 15.2 Å². The van der Waals surface area contributed by atoms with Crippen molar-refractivity contribution in [3.63, 3.8) is 0 Å². The van der Waals surface area contributed by atoms with Crippen LogP contribution in [0.5, 0.6) is 5.75 Å². The van der Waals surface area contributed by atoms with Gasteiger partial charge in [0.05, 0.1) is 11.1 Å². The zero-order valence-corrected chi connectivity index (χ0v) is 12.2. The fourth-order valence-electron chi connectivity index (χ4n) is 2.34. The molecule has 19 heavy (non-hydrogen) atoms. The van der Waals surface area contributed by atoms with Gasteiger partial charge in [0.25, 0.3) is 0 Å². The number of nitrogens with two attached hydrogens (primary N) is 1. The van der Waals surface area contributed by atoms with Crippen LogP contribution in [0.3, 0.4) is 0 Å². The van der Waals surface area contributed by atoms with E-state index < -0.39 is 0 Å². The van der Waals surface area contributed by atoms with Crippen molar-refractivity contribution < 1.29 is 9.47 Å². The van der Waals surface area contributed by atoms with Crippen LogP contribution in [0.15, 0.2) is 18.2 Å². The smallest absolute Gasteiger partial charge is 0.141 e. The zero-order chi connectivity index (χ0) is 13.7. The highest BCUT2D eigenvalue weighted by Crippen LogP contribution is 2.30. The number of ether oxygens (including phenoxy) is 2. The fourth-order valence-corrected chi connectivity index (χ4v) is 2.59. The molecular weight excluding hydrogens is 262 g/mol. The molecule has 0 bridgehead atoms. The van der Waals surface area contributed by atoms with Gasteiger partial charge in [0, 0.05) is 12.6 Å². The van der Waals surface area contributed by atoms with Crippen LogP contribution in [0.25, 0.3) is 0 Å². The molecule has 2 N–H and O–H groups in total. The predicted molar refractivity (Wildman–Crippen MR) is 77.9 cm³/mol. The molecule has 0 saturated carbocycles. The van der Waals surface area contributed by atoms with Crippen molar-refractivity contribution in [2.75, 3.05) is 13.2 Å². The maximum absolute atomic E-state index is 6.22. The third kappa shape index (κ3) is 4.37. The van der Waals surface area contributed by atoms with Crippen molar-refractivity contribution in [3.8, 4) is 5.75 Å². The third-order valence-electron chi connectivity index (χ3n) is 3.28. The van der Waals surface area contributed by atoms with Gasteiger partial charge in [0.15, 0.2) is 0 Å². The van der Waals surface area contributed by atoms with Gasteiger partial charge in [0.2, 0.25) is 0 Å². The normalized spacial score (nSPS) is 21.1. The van der Waals surface area contributed by atoms with E-state index >= 15 is 0 Å². The van der Waals surface area contributed by atoms with Crippen LogP contribution in [0.2, 0.25) is 5.02 Å². The Labute approximate surface area is 120 Å². The lowest BCUT2D eigenvalue weighted by Gasteiger charge is -2.23. The van der Waals surface area contributed by atoms with Crippen LogP contribution in [0.1, 0.15) is 31.7 Å². The van der Waals surface area contributed by atoms with Crippen molar-refractivity contribution in [1.29, 1.82) is 0 Å². The Balaban J connectivity index is 2.01. The maximum Gasteiger partial charge on any atom is 0.141 e. The third-order valence-corrected chi connectivity index (χ3v) is 3.58. The van der Waals surface area contributed by atoms with E-state index in [1.165, 1.54) is 6.42 Å². The predicted octanol–water partition coefficient (Wildman–Crippen LogP) is 3.18. The molecule has 1 fully saturated rings. The number of para-hydroxylation sites is 1. The van der Waals surface area contributed by atoms with Gasteiger partial charge in [-0.05, 0) is 44.2 Å². The molecule has 2 atom stereocenters. The molecule has 1 aliphatic rings. The van der Waals surface area contributed by atoms with Gasteiger partial charge in [0.1, 0.15) is 12.4 Å². The van der Waals surface area contributed by atoms with Crippen LogP contribution < -0.4 is 10.5 Å². The van der Waals surface area contributed by atoms with Gasteiger partial charge >= 0.3 is 0 Å². The van der Waals surface area contributed by atoms with Gasteiger partial charge in [-0.1, -0.05) is 23.7 Å². The van der Waals surface area contributed by atoms with Gasteiger partial charge in [-0.15, -0.1) is 0 Å². The van der Waals surface area contributed by atoms with E-state index in [0.717, 1.165) is 37.2 Å². The number of hydrogen-bond donors (Lipinski definition) is 1. The standard InChI is InChI=1S/C15H22ClNO2/c1-11(17)9-12-5-4-7-14(16)15(12)19-10-13-6-2-3-8-18-13/h4-5,7,11,13H,2-3,6,8-10,17H2,1H3. The summed E-state index contributed by atoms with van der Waals surface area (Å²) in [6, 6.07) is 5.89. The molecular formula is C15H22ClNO2. The maximum atomic E-state index is 6.22. The van der Waals surface area contributed by atoms with Crippen molar-refractivity contribution >= 4 is 11.6 Å². The van der Waals surface area contributed by atoms with Crippen molar-refractivity contribution in [3.05, 3.63) is 28.8 Å². The lowest BCUT2D eigenvalue weighted by Crippen LogP contribution is -2.26. The average Bonchev–Trinajstić information content (AvgIpc) is 2.38. The lowest BCUT2D eigenvalue weighted by molar-refractivity contribution is -0.0112. The second-order valence-electron chi connectivity index (χ2n) is 5.21. The number of hydrogen-bond acceptors (Lipinski definition) is 3. The Morgan fingerprint density at radius 2 is 2.32 bits per heavy atom. The molecule has 1 aliphatic heterocycles. The Morgan fingerprint density at radius 3 is 3.00 bits per heavy atom. The number of halogens is 1. The molecule has 0 radical (unpaired) electrons. The molecule has 3 nitrogen and oxygen atoms in total. The Hall–Kier alpha value is -0.770. The molecule has 1 aromatic rings. The second-order valence-corrected chi connectivity index (χ2v) is 5.62. The minimum Gasteiger partial charge on any atom is -0.489 e. The summed E-state index contributed by atoms with van der Waals surface area (Å²) in [6.07, 6.45) is 4.38. The van der Waals surface area contributed by atoms with Gasteiger partial charge in [-0.25, -0.2) is 0 Å². The summed E-state index contributed by atoms with van der Waals surface area (Å²) in [6.45, 7) is 3.38. The van der Waals surface area contributed by atoms with E-state index in [4.69, 9.17) is 26.8 Å². The quantitative estimate of drug-likeness (QED) is 0.903. The Kier molecular flexibility index (Phi) is 5.49. The second kappa shape index (κ2) is 7.13. The van der Waals surface area contributed by atoms with Gasteiger partial charge in [-0.2, -0.15) is 0 Å². The van der Waals surface area contributed by atoms with E-state index in [-0.39, 0.29) is 12.1 Å². The summed E-state index contributed by atoms with van der Waals surface area (Å²) >= 11 is 6.22. The van der Waals surface area contributed by atoms with Gasteiger partial charge in [-0.3, -0.25) is 0 Å². The largest absolute Gasteiger partial charge is 0.489 e. The van der Waals surface area contributed by atoms with Crippen LogP contribution in [-0.4, -0.2) is 25.4 Å². The minimum absolute atomic E-state index is 0.0896. The van der Waals surface area contributed by atoms with Crippen LogP contribution >= 0.6 is 11.6 Å². The molecule has 1 saturated heterocycles. The van der Waals surface area contributed by atoms with Crippen LogP contribution in [0, 0.1) is 0 Å². The molecule has 0 aromatic heterocycles. The summed E-state index contributed by atoms with van der Waals surface area (Å²) in [5.74, 6) is 0.760.